The molecule has 30 heavy (non-hydrogen) atoms. The van der Waals surface area contributed by atoms with Gasteiger partial charge in [0.05, 0.1) is 16.3 Å². The van der Waals surface area contributed by atoms with E-state index in [0.717, 1.165) is 11.1 Å². The third-order valence-electron chi connectivity index (χ3n) is 4.42. The molecule has 2 N–H and O–H groups in total. The molecule has 0 fully saturated rings. The smallest absolute Gasteiger partial charge is 0.291 e. The highest BCUT2D eigenvalue weighted by molar-refractivity contribution is 7.91. The second-order valence-electron chi connectivity index (χ2n) is 6.91. The van der Waals surface area contributed by atoms with Gasteiger partial charge >= 0.3 is 0 Å². The van der Waals surface area contributed by atoms with E-state index in [4.69, 9.17) is 9.15 Å². The highest BCUT2D eigenvalue weighted by Crippen LogP contribution is 2.28. The predicted octanol–water partition coefficient (Wildman–Crippen LogP) is 4.23. The number of carbonyl (C=O) groups is 1. The maximum absolute atomic E-state index is 12.5. The number of furan rings is 1. The van der Waals surface area contributed by atoms with Crippen molar-refractivity contribution in [2.45, 2.75) is 32.3 Å². The highest BCUT2D eigenvalue weighted by Gasteiger charge is 2.17. The molecule has 1 amide bonds. The largest absolute Gasteiger partial charge is 0.506 e. The lowest BCUT2D eigenvalue weighted by atomic mass is 10.1. The minimum absolute atomic E-state index is 0.0113. The van der Waals surface area contributed by atoms with Crippen molar-refractivity contribution in [1.29, 1.82) is 0 Å². The number of sulfone groups is 1. The van der Waals surface area contributed by atoms with Crippen molar-refractivity contribution < 1.29 is 27.5 Å². The molecular weight excluding hydrogens is 406 g/mol. The Kier molecular flexibility index (Phi) is 6.17. The Hall–Kier alpha value is -3.26. The standard InChI is InChI=1S/C22H23NO6S/c1-4-30(26,27)18-6-7-20(24)19(12-18)23-22(25)21-8-5-16(29-21)13-28-17-10-14(2)9-15(3)11-17/h5-12,24H,4,13H2,1-3H3,(H,23,25). The van der Waals surface area contributed by atoms with Crippen molar-refractivity contribution in [2.75, 3.05) is 11.1 Å². The molecule has 0 atom stereocenters. The Morgan fingerprint density at radius 2 is 1.77 bits per heavy atom. The van der Waals surface area contributed by atoms with Gasteiger partial charge in [-0.2, -0.15) is 0 Å². The summed E-state index contributed by atoms with van der Waals surface area (Å²) in [5.74, 6) is 0.210. The van der Waals surface area contributed by atoms with Gasteiger partial charge in [-0.3, -0.25) is 4.79 Å². The molecular formula is C22H23NO6S. The molecule has 2 aromatic carbocycles. The summed E-state index contributed by atoms with van der Waals surface area (Å²) in [7, 11) is -3.48. The number of benzene rings is 2. The van der Waals surface area contributed by atoms with Crippen LogP contribution in [0.3, 0.4) is 0 Å². The second kappa shape index (κ2) is 8.62. The summed E-state index contributed by atoms with van der Waals surface area (Å²) in [4.78, 5) is 12.5. The van der Waals surface area contributed by atoms with Crippen LogP contribution in [0.5, 0.6) is 11.5 Å². The summed E-state index contributed by atoms with van der Waals surface area (Å²) in [5.41, 5.74) is 2.15. The lowest BCUT2D eigenvalue weighted by Gasteiger charge is -2.09. The maximum Gasteiger partial charge on any atom is 0.291 e. The summed E-state index contributed by atoms with van der Waals surface area (Å²) >= 11 is 0. The van der Waals surface area contributed by atoms with E-state index < -0.39 is 15.7 Å². The molecule has 8 heteroatoms. The first kappa shape index (κ1) is 21.4. The Morgan fingerprint density at radius 3 is 2.43 bits per heavy atom. The van der Waals surface area contributed by atoms with E-state index in [0.29, 0.717) is 11.5 Å². The SMILES string of the molecule is CCS(=O)(=O)c1ccc(O)c(NC(=O)c2ccc(COc3cc(C)cc(C)c3)o2)c1. The molecule has 158 valence electrons. The summed E-state index contributed by atoms with van der Waals surface area (Å²) in [6.45, 7) is 5.62. The lowest BCUT2D eigenvalue weighted by Crippen LogP contribution is -2.12. The van der Waals surface area contributed by atoms with E-state index >= 15 is 0 Å². The number of aromatic hydroxyl groups is 1. The fourth-order valence-corrected chi connectivity index (χ4v) is 3.81. The van der Waals surface area contributed by atoms with Crippen LogP contribution >= 0.6 is 0 Å². The van der Waals surface area contributed by atoms with E-state index in [2.05, 4.69) is 5.32 Å². The molecule has 0 aliphatic heterocycles. The molecule has 0 unspecified atom stereocenters. The van der Waals surface area contributed by atoms with Gasteiger partial charge in [-0.15, -0.1) is 0 Å². The predicted molar refractivity (Wildman–Crippen MR) is 113 cm³/mol. The Bertz CT molecular complexity index is 1160. The topological polar surface area (TPSA) is 106 Å². The third-order valence-corrected chi connectivity index (χ3v) is 6.15. The average Bonchev–Trinajstić information content (AvgIpc) is 3.16. The van der Waals surface area contributed by atoms with Crippen LogP contribution in [0.1, 0.15) is 34.4 Å². The molecule has 0 saturated heterocycles. The van der Waals surface area contributed by atoms with Crippen molar-refractivity contribution in [3.8, 4) is 11.5 Å². The zero-order valence-corrected chi connectivity index (χ0v) is 17.7. The van der Waals surface area contributed by atoms with Gasteiger partial charge in [0.2, 0.25) is 0 Å². The van der Waals surface area contributed by atoms with Crippen molar-refractivity contribution in [3.05, 3.63) is 71.2 Å². The molecule has 0 aliphatic carbocycles. The van der Waals surface area contributed by atoms with Crippen LogP contribution in [0, 0.1) is 13.8 Å². The number of carbonyl (C=O) groups excluding carboxylic acids is 1. The number of aryl methyl sites for hydroxylation is 2. The van der Waals surface area contributed by atoms with Gasteiger partial charge in [-0.25, -0.2) is 8.42 Å². The van der Waals surface area contributed by atoms with Gasteiger partial charge in [0.1, 0.15) is 23.9 Å². The second-order valence-corrected chi connectivity index (χ2v) is 9.19. The van der Waals surface area contributed by atoms with E-state index in [9.17, 15) is 18.3 Å². The van der Waals surface area contributed by atoms with E-state index in [1.165, 1.54) is 31.2 Å². The van der Waals surface area contributed by atoms with Crippen LogP contribution in [0.4, 0.5) is 5.69 Å². The Balaban J connectivity index is 1.70. The molecule has 3 aromatic rings. The molecule has 1 heterocycles. The van der Waals surface area contributed by atoms with Crippen molar-refractivity contribution >= 4 is 21.4 Å². The number of phenols is 1. The number of ether oxygens (including phenoxy) is 1. The minimum atomic E-state index is -3.48. The fourth-order valence-electron chi connectivity index (χ4n) is 2.91. The minimum Gasteiger partial charge on any atom is -0.506 e. The molecule has 0 aliphatic rings. The van der Waals surface area contributed by atoms with Gasteiger partial charge in [-0.05, 0) is 67.4 Å². The zero-order valence-electron chi connectivity index (χ0n) is 16.9. The van der Waals surface area contributed by atoms with E-state index in [1.807, 2.05) is 32.0 Å². The number of anilines is 1. The number of nitrogens with one attached hydrogen (secondary N) is 1. The molecule has 1 aromatic heterocycles. The first-order valence-electron chi connectivity index (χ1n) is 9.35. The van der Waals surface area contributed by atoms with Gasteiger partial charge < -0.3 is 19.6 Å². The molecule has 7 nitrogen and oxygen atoms in total. The maximum atomic E-state index is 12.5. The normalized spacial score (nSPS) is 11.3. The van der Waals surface area contributed by atoms with Crippen molar-refractivity contribution in [3.63, 3.8) is 0 Å². The van der Waals surface area contributed by atoms with Crippen LogP contribution < -0.4 is 10.1 Å². The Morgan fingerprint density at radius 1 is 1.07 bits per heavy atom. The third kappa shape index (κ3) is 5.01. The van der Waals surface area contributed by atoms with Crippen LogP contribution in [-0.2, 0) is 16.4 Å². The summed E-state index contributed by atoms with van der Waals surface area (Å²) in [5, 5.41) is 12.4. The summed E-state index contributed by atoms with van der Waals surface area (Å²) in [6, 6.07) is 12.7. The quantitative estimate of drug-likeness (QED) is 0.545. The first-order valence-corrected chi connectivity index (χ1v) is 11.0. The summed E-state index contributed by atoms with van der Waals surface area (Å²) in [6.07, 6.45) is 0. The number of rotatable bonds is 7. The zero-order chi connectivity index (χ0) is 21.9. The van der Waals surface area contributed by atoms with Gasteiger partial charge in [0.25, 0.3) is 5.91 Å². The summed E-state index contributed by atoms with van der Waals surface area (Å²) < 4.78 is 35.3. The number of hydrogen-bond donors (Lipinski definition) is 2. The Labute approximate surface area is 175 Å². The molecule has 0 bridgehead atoms. The van der Waals surface area contributed by atoms with E-state index in [-0.39, 0.29) is 34.5 Å². The lowest BCUT2D eigenvalue weighted by molar-refractivity contribution is 0.0992. The monoisotopic (exact) mass is 429 g/mol. The fraction of sp³-hybridized carbons (Fsp3) is 0.227. The van der Waals surface area contributed by atoms with Crippen LogP contribution in [0.15, 0.2) is 57.8 Å². The van der Waals surface area contributed by atoms with Crippen LogP contribution in [0.2, 0.25) is 0 Å². The highest BCUT2D eigenvalue weighted by atomic mass is 32.2. The van der Waals surface area contributed by atoms with Gasteiger partial charge in [0.15, 0.2) is 15.6 Å². The number of amides is 1. The number of hydrogen-bond acceptors (Lipinski definition) is 6. The molecule has 0 spiro atoms. The van der Waals surface area contributed by atoms with Crippen LogP contribution in [0.25, 0.3) is 0 Å². The molecule has 0 saturated carbocycles. The van der Waals surface area contributed by atoms with Gasteiger partial charge in [0, 0.05) is 0 Å². The van der Waals surface area contributed by atoms with Gasteiger partial charge in [-0.1, -0.05) is 13.0 Å². The molecule has 0 radical (unpaired) electrons. The number of phenolic OH excluding ortho intramolecular Hbond substituents is 1. The van der Waals surface area contributed by atoms with E-state index in [1.54, 1.807) is 6.07 Å². The van der Waals surface area contributed by atoms with Crippen molar-refractivity contribution in [1.82, 2.24) is 0 Å². The molecule has 3 rings (SSSR count). The first-order chi connectivity index (χ1) is 14.2. The van der Waals surface area contributed by atoms with Crippen molar-refractivity contribution in [2.24, 2.45) is 0 Å². The van der Waals surface area contributed by atoms with Crippen LogP contribution in [-0.4, -0.2) is 25.2 Å². The average molecular weight is 429 g/mol.